The minimum absolute atomic E-state index is 0.686. The first-order valence-electron chi connectivity index (χ1n) is 5.73. The largest absolute Gasteiger partial charge is 0.347 e. The lowest BCUT2D eigenvalue weighted by Crippen LogP contribution is -2.04. The van der Waals surface area contributed by atoms with Crippen LogP contribution < -0.4 is 0 Å². The summed E-state index contributed by atoms with van der Waals surface area (Å²) in [5, 5.41) is 9.99. The van der Waals surface area contributed by atoms with E-state index in [1.807, 2.05) is 18.2 Å². The van der Waals surface area contributed by atoms with Gasteiger partial charge in [-0.15, -0.1) is 0 Å². The summed E-state index contributed by atoms with van der Waals surface area (Å²) in [6.07, 6.45) is 3.30. The fourth-order valence-corrected chi connectivity index (χ4v) is 1.89. The number of rotatable bonds is 3. The molecule has 2 heteroatoms. The van der Waals surface area contributed by atoms with E-state index in [2.05, 4.69) is 36.7 Å². The topological polar surface area (TPSA) is 28.7 Å². The molecule has 0 unspecified atom stereocenters. The lowest BCUT2D eigenvalue weighted by atomic mass is 10.1. The molecule has 1 aromatic heterocycles. The maximum absolute atomic E-state index is 8.83. The van der Waals surface area contributed by atoms with Gasteiger partial charge >= 0.3 is 0 Å². The Kier molecular flexibility index (Phi) is 2.96. The lowest BCUT2D eigenvalue weighted by molar-refractivity contribution is 0.477. The van der Waals surface area contributed by atoms with E-state index in [9.17, 15) is 0 Å². The van der Waals surface area contributed by atoms with Gasteiger partial charge in [-0.05, 0) is 30.2 Å². The Bertz CT molecular complexity index is 531. The molecule has 1 aromatic carbocycles. The Morgan fingerprint density at radius 2 is 2.19 bits per heavy atom. The molecule has 0 radical (unpaired) electrons. The van der Waals surface area contributed by atoms with Crippen molar-refractivity contribution in [3.8, 4) is 6.07 Å². The van der Waals surface area contributed by atoms with Gasteiger partial charge in [0.05, 0.1) is 11.6 Å². The highest BCUT2D eigenvalue weighted by Gasteiger charge is 2.05. The van der Waals surface area contributed by atoms with E-state index in [1.165, 1.54) is 11.9 Å². The summed E-state index contributed by atoms with van der Waals surface area (Å²) in [6.45, 7) is 5.52. The number of nitriles is 1. The van der Waals surface area contributed by atoms with Crippen molar-refractivity contribution in [1.29, 1.82) is 5.26 Å². The molecule has 0 aliphatic carbocycles. The summed E-state index contributed by atoms with van der Waals surface area (Å²) < 4.78 is 2.27. The van der Waals surface area contributed by atoms with E-state index in [-0.39, 0.29) is 0 Å². The van der Waals surface area contributed by atoms with Crippen molar-refractivity contribution in [2.75, 3.05) is 0 Å². The van der Waals surface area contributed by atoms with Gasteiger partial charge in [-0.3, -0.25) is 0 Å². The van der Waals surface area contributed by atoms with Gasteiger partial charge < -0.3 is 4.57 Å². The zero-order valence-electron chi connectivity index (χ0n) is 9.77. The molecule has 0 aliphatic heterocycles. The number of fused-ring (bicyclic) bond motifs is 1. The molecule has 0 fully saturated rings. The molecule has 82 valence electrons. The molecule has 16 heavy (non-hydrogen) atoms. The van der Waals surface area contributed by atoms with Crippen LogP contribution in [0.5, 0.6) is 0 Å². The first-order chi connectivity index (χ1) is 7.74. The predicted octanol–water partition coefficient (Wildman–Crippen LogP) is 3.56. The van der Waals surface area contributed by atoms with E-state index < -0.39 is 0 Å². The van der Waals surface area contributed by atoms with Crippen molar-refractivity contribution in [3.05, 3.63) is 36.0 Å². The first kappa shape index (κ1) is 10.8. The minimum atomic E-state index is 0.686. The molecule has 0 amide bonds. The van der Waals surface area contributed by atoms with Crippen molar-refractivity contribution in [1.82, 2.24) is 4.57 Å². The first-order valence-corrected chi connectivity index (χ1v) is 5.73. The summed E-state index contributed by atoms with van der Waals surface area (Å²) >= 11 is 0. The highest BCUT2D eigenvalue weighted by molar-refractivity contribution is 5.81. The SMILES string of the molecule is CC[C@H](C)Cn1ccc2cc(C#N)ccc21. The fourth-order valence-electron chi connectivity index (χ4n) is 1.89. The highest BCUT2D eigenvalue weighted by Crippen LogP contribution is 2.19. The van der Waals surface area contributed by atoms with Gasteiger partial charge in [0, 0.05) is 23.6 Å². The molecule has 1 heterocycles. The van der Waals surface area contributed by atoms with Gasteiger partial charge in [-0.2, -0.15) is 5.26 Å². The van der Waals surface area contributed by atoms with E-state index in [0.29, 0.717) is 5.92 Å². The van der Waals surface area contributed by atoms with E-state index in [1.54, 1.807) is 0 Å². The average molecular weight is 212 g/mol. The van der Waals surface area contributed by atoms with Gasteiger partial charge in [-0.25, -0.2) is 0 Å². The van der Waals surface area contributed by atoms with E-state index in [0.717, 1.165) is 17.5 Å². The molecular formula is C14H16N2. The Morgan fingerprint density at radius 1 is 1.38 bits per heavy atom. The highest BCUT2D eigenvalue weighted by atomic mass is 15.0. The fraction of sp³-hybridized carbons (Fsp3) is 0.357. The molecule has 0 saturated heterocycles. The Labute approximate surface area is 96.1 Å². The van der Waals surface area contributed by atoms with Crippen LogP contribution in [-0.4, -0.2) is 4.57 Å². The second kappa shape index (κ2) is 4.40. The van der Waals surface area contributed by atoms with Crippen molar-refractivity contribution in [2.45, 2.75) is 26.8 Å². The van der Waals surface area contributed by atoms with Crippen LogP contribution in [0.15, 0.2) is 30.5 Å². The number of nitrogens with zero attached hydrogens (tertiary/aromatic N) is 2. The molecule has 0 N–H and O–H groups in total. The molecular weight excluding hydrogens is 196 g/mol. The van der Waals surface area contributed by atoms with Gasteiger partial charge in [-0.1, -0.05) is 20.3 Å². The van der Waals surface area contributed by atoms with Crippen molar-refractivity contribution < 1.29 is 0 Å². The van der Waals surface area contributed by atoms with Gasteiger partial charge in [0.1, 0.15) is 0 Å². The van der Waals surface area contributed by atoms with Gasteiger partial charge in [0.2, 0.25) is 0 Å². The van der Waals surface area contributed by atoms with Crippen LogP contribution in [0.1, 0.15) is 25.8 Å². The summed E-state index contributed by atoms with van der Waals surface area (Å²) in [5.41, 5.74) is 1.95. The standard InChI is InChI=1S/C14H16N2/c1-3-11(2)10-16-7-6-13-8-12(9-15)4-5-14(13)16/h4-8,11H,3,10H2,1-2H3/t11-/m0/s1. The molecule has 0 spiro atoms. The van der Waals surface area contributed by atoms with Crippen LogP contribution in [0.4, 0.5) is 0 Å². The zero-order chi connectivity index (χ0) is 11.5. The molecule has 1 atom stereocenters. The third kappa shape index (κ3) is 1.94. The maximum Gasteiger partial charge on any atom is 0.0991 e. The number of benzene rings is 1. The maximum atomic E-state index is 8.83. The quantitative estimate of drug-likeness (QED) is 0.764. The molecule has 2 nitrogen and oxygen atoms in total. The number of hydrogen-bond acceptors (Lipinski definition) is 1. The molecule has 2 rings (SSSR count). The summed E-state index contributed by atoms with van der Waals surface area (Å²) in [7, 11) is 0. The Morgan fingerprint density at radius 3 is 2.88 bits per heavy atom. The van der Waals surface area contributed by atoms with Crippen LogP contribution >= 0.6 is 0 Å². The lowest BCUT2D eigenvalue weighted by Gasteiger charge is -2.10. The monoisotopic (exact) mass is 212 g/mol. The molecule has 2 aromatic rings. The summed E-state index contributed by atoms with van der Waals surface area (Å²) in [5.74, 6) is 0.686. The summed E-state index contributed by atoms with van der Waals surface area (Å²) in [4.78, 5) is 0. The van der Waals surface area contributed by atoms with Crippen LogP contribution in [0, 0.1) is 17.2 Å². The average Bonchev–Trinajstić information content (AvgIpc) is 2.71. The van der Waals surface area contributed by atoms with Crippen LogP contribution in [0.2, 0.25) is 0 Å². The Hall–Kier alpha value is -1.75. The summed E-state index contributed by atoms with van der Waals surface area (Å²) in [6, 6.07) is 10.1. The van der Waals surface area contributed by atoms with Crippen LogP contribution in [0.25, 0.3) is 10.9 Å². The minimum Gasteiger partial charge on any atom is -0.347 e. The van der Waals surface area contributed by atoms with Crippen LogP contribution in [-0.2, 0) is 6.54 Å². The van der Waals surface area contributed by atoms with Crippen molar-refractivity contribution in [2.24, 2.45) is 5.92 Å². The molecule has 0 saturated carbocycles. The van der Waals surface area contributed by atoms with Crippen molar-refractivity contribution >= 4 is 10.9 Å². The third-order valence-corrected chi connectivity index (χ3v) is 3.11. The molecule has 0 bridgehead atoms. The van der Waals surface area contributed by atoms with Gasteiger partial charge in [0.15, 0.2) is 0 Å². The van der Waals surface area contributed by atoms with E-state index >= 15 is 0 Å². The van der Waals surface area contributed by atoms with Gasteiger partial charge in [0.25, 0.3) is 0 Å². The predicted molar refractivity (Wildman–Crippen MR) is 66.1 cm³/mol. The third-order valence-electron chi connectivity index (χ3n) is 3.11. The van der Waals surface area contributed by atoms with Crippen molar-refractivity contribution in [3.63, 3.8) is 0 Å². The Balaban J connectivity index is 2.39. The second-order valence-corrected chi connectivity index (χ2v) is 4.37. The number of aromatic nitrogens is 1. The number of hydrogen-bond donors (Lipinski definition) is 0. The molecule has 0 aliphatic rings. The van der Waals surface area contributed by atoms with E-state index in [4.69, 9.17) is 5.26 Å². The smallest absolute Gasteiger partial charge is 0.0991 e. The zero-order valence-corrected chi connectivity index (χ0v) is 9.77. The van der Waals surface area contributed by atoms with Crippen LogP contribution in [0.3, 0.4) is 0 Å². The second-order valence-electron chi connectivity index (χ2n) is 4.37. The normalized spacial score (nSPS) is 12.6.